The lowest BCUT2D eigenvalue weighted by Crippen LogP contribution is -2.33. The summed E-state index contributed by atoms with van der Waals surface area (Å²) in [6.07, 6.45) is 0. The van der Waals surface area contributed by atoms with Gasteiger partial charge in [-0.2, -0.15) is 0 Å². The van der Waals surface area contributed by atoms with E-state index in [1.807, 2.05) is 48.5 Å². The monoisotopic (exact) mass is 504 g/mol. The molecule has 6 rings (SSSR count). The maximum Gasteiger partial charge on any atom is 0.340 e. The minimum atomic E-state index is -1.09. The van der Waals surface area contributed by atoms with Crippen molar-refractivity contribution in [3.63, 3.8) is 0 Å². The molecule has 2 heterocycles. The van der Waals surface area contributed by atoms with E-state index in [4.69, 9.17) is 9.47 Å². The van der Waals surface area contributed by atoms with Crippen LogP contribution in [0.3, 0.4) is 0 Å². The highest BCUT2D eigenvalue weighted by molar-refractivity contribution is 5.97. The molecule has 2 aliphatic rings. The van der Waals surface area contributed by atoms with Crippen LogP contribution < -0.4 is 15.0 Å². The molecule has 5 heteroatoms. The Morgan fingerprint density at radius 2 is 1.68 bits per heavy atom. The second-order valence-electron chi connectivity index (χ2n) is 10.8. The van der Waals surface area contributed by atoms with Crippen molar-refractivity contribution in [3.8, 4) is 11.5 Å². The van der Waals surface area contributed by atoms with Gasteiger partial charge in [-0.05, 0) is 67.8 Å². The maximum atomic E-state index is 13.2. The number of esters is 1. The highest BCUT2D eigenvalue weighted by atomic mass is 16.6. The molecule has 1 spiro atoms. The van der Waals surface area contributed by atoms with Gasteiger partial charge in [-0.3, -0.25) is 0 Å². The Kier molecular flexibility index (Phi) is 5.68. The van der Waals surface area contributed by atoms with Crippen molar-refractivity contribution in [1.82, 2.24) is 0 Å². The molecule has 2 aliphatic heterocycles. The SMILES string of the molecule is Cc1ccc(Nc2ccc3c(c2)C2(OC(=O)c4ccccc42)c2ccc(N(C)CC(C)C)cc2O3)c(C)c1. The largest absolute Gasteiger partial charge is 0.456 e. The van der Waals surface area contributed by atoms with E-state index in [0.29, 0.717) is 23.0 Å². The normalized spacial score (nSPS) is 16.9. The van der Waals surface area contributed by atoms with Gasteiger partial charge in [0.25, 0.3) is 0 Å². The number of hydrogen-bond donors (Lipinski definition) is 1. The minimum absolute atomic E-state index is 0.326. The summed E-state index contributed by atoms with van der Waals surface area (Å²) < 4.78 is 12.9. The molecule has 0 aliphatic carbocycles. The van der Waals surface area contributed by atoms with E-state index in [1.54, 1.807) is 0 Å². The summed E-state index contributed by atoms with van der Waals surface area (Å²) in [5.41, 5.74) is 7.33. The van der Waals surface area contributed by atoms with Gasteiger partial charge in [0.05, 0.1) is 5.56 Å². The first-order valence-electron chi connectivity index (χ1n) is 13.1. The Morgan fingerprint density at radius 3 is 2.47 bits per heavy atom. The fraction of sp³-hybridized carbons (Fsp3) is 0.242. The van der Waals surface area contributed by atoms with Crippen LogP contribution >= 0.6 is 0 Å². The molecular weight excluding hydrogens is 472 g/mol. The van der Waals surface area contributed by atoms with Crippen LogP contribution in [0.2, 0.25) is 0 Å². The standard InChI is InChI=1S/C33H32N2O3/c1-20(2)19-35(5)24-12-13-27-31(18-24)37-30-15-11-23(34-29-14-10-21(3)16-22(29)4)17-28(30)33(27)26-9-7-6-8-25(26)32(36)38-33/h6-18,20,34H,19H2,1-5H3. The highest BCUT2D eigenvalue weighted by Gasteiger charge is 2.53. The third-order valence-electron chi connectivity index (χ3n) is 7.44. The quantitative estimate of drug-likeness (QED) is 0.282. The minimum Gasteiger partial charge on any atom is -0.456 e. The average Bonchev–Trinajstić information content (AvgIpc) is 3.18. The first-order chi connectivity index (χ1) is 18.3. The zero-order chi connectivity index (χ0) is 26.6. The molecule has 192 valence electrons. The van der Waals surface area contributed by atoms with Crippen molar-refractivity contribution in [1.29, 1.82) is 0 Å². The fourth-order valence-electron chi connectivity index (χ4n) is 5.74. The van der Waals surface area contributed by atoms with Gasteiger partial charge < -0.3 is 19.7 Å². The zero-order valence-corrected chi connectivity index (χ0v) is 22.5. The lowest BCUT2D eigenvalue weighted by Gasteiger charge is -2.37. The van der Waals surface area contributed by atoms with Crippen LogP contribution in [-0.2, 0) is 10.3 Å². The third kappa shape index (κ3) is 3.81. The smallest absolute Gasteiger partial charge is 0.340 e. The summed E-state index contributed by atoms with van der Waals surface area (Å²) in [6, 6.07) is 26.2. The molecule has 0 radical (unpaired) electrons. The number of nitrogens with one attached hydrogen (secondary N) is 1. The molecule has 0 saturated carbocycles. The second kappa shape index (κ2) is 8.95. The van der Waals surface area contributed by atoms with E-state index in [0.717, 1.165) is 45.9 Å². The van der Waals surface area contributed by atoms with Crippen molar-refractivity contribution in [2.45, 2.75) is 33.3 Å². The second-order valence-corrected chi connectivity index (χ2v) is 10.8. The Bertz CT molecular complexity index is 1570. The van der Waals surface area contributed by atoms with Gasteiger partial charge >= 0.3 is 5.97 Å². The molecule has 38 heavy (non-hydrogen) atoms. The number of rotatable bonds is 5. The molecule has 5 nitrogen and oxygen atoms in total. The average molecular weight is 505 g/mol. The van der Waals surface area contributed by atoms with Crippen molar-refractivity contribution in [2.24, 2.45) is 5.92 Å². The number of carbonyl (C=O) groups excluding carboxylic acids is 1. The summed E-state index contributed by atoms with van der Waals surface area (Å²) in [6.45, 7) is 9.51. The van der Waals surface area contributed by atoms with Gasteiger partial charge in [-0.15, -0.1) is 0 Å². The Hall–Kier alpha value is -4.25. The van der Waals surface area contributed by atoms with Crippen LogP contribution in [0.1, 0.15) is 52.0 Å². The van der Waals surface area contributed by atoms with Gasteiger partial charge in [-0.25, -0.2) is 4.79 Å². The van der Waals surface area contributed by atoms with Crippen LogP contribution in [-0.4, -0.2) is 19.6 Å². The van der Waals surface area contributed by atoms with Gasteiger partial charge in [0.15, 0.2) is 5.60 Å². The molecular formula is C33H32N2O3. The zero-order valence-electron chi connectivity index (χ0n) is 22.5. The predicted octanol–water partition coefficient (Wildman–Crippen LogP) is 7.71. The highest BCUT2D eigenvalue weighted by Crippen LogP contribution is 2.57. The van der Waals surface area contributed by atoms with Crippen LogP contribution in [0.15, 0.2) is 78.9 Å². The van der Waals surface area contributed by atoms with E-state index >= 15 is 0 Å². The Morgan fingerprint density at radius 1 is 0.868 bits per heavy atom. The summed E-state index contributed by atoms with van der Waals surface area (Å²) in [7, 11) is 2.09. The van der Waals surface area contributed by atoms with Crippen molar-refractivity contribution < 1.29 is 14.3 Å². The topological polar surface area (TPSA) is 50.8 Å². The number of ether oxygens (including phenoxy) is 2. The molecule has 1 N–H and O–H groups in total. The number of anilines is 3. The number of benzene rings is 4. The molecule has 1 atom stereocenters. The van der Waals surface area contributed by atoms with E-state index in [-0.39, 0.29) is 5.97 Å². The summed E-state index contributed by atoms with van der Waals surface area (Å²) in [5, 5.41) is 3.55. The van der Waals surface area contributed by atoms with Gasteiger partial charge in [-0.1, -0.05) is 49.7 Å². The van der Waals surface area contributed by atoms with Crippen molar-refractivity contribution >= 4 is 23.0 Å². The Labute approximate surface area is 224 Å². The van der Waals surface area contributed by atoms with Crippen LogP contribution in [0, 0.1) is 19.8 Å². The van der Waals surface area contributed by atoms with Crippen LogP contribution in [0.5, 0.6) is 11.5 Å². The van der Waals surface area contributed by atoms with Crippen LogP contribution in [0.4, 0.5) is 17.1 Å². The van der Waals surface area contributed by atoms with Crippen LogP contribution in [0.25, 0.3) is 0 Å². The number of hydrogen-bond acceptors (Lipinski definition) is 5. The Balaban J connectivity index is 1.51. The van der Waals surface area contributed by atoms with Gasteiger partial charge in [0.2, 0.25) is 0 Å². The third-order valence-corrected chi connectivity index (χ3v) is 7.44. The molecule has 0 bridgehead atoms. The molecule has 0 amide bonds. The summed E-state index contributed by atoms with van der Waals surface area (Å²) in [4.78, 5) is 15.4. The number of aryl methyl sites for hydroxylation is 2. The molecule has 0 aromatic heterocycles. The maximum absolute atomic E-state index is 13.2. The van der Waals surface area contributed by atoms with E-state index in [9.17, 15) is 4.79 Å². The van der Waals surface area contributed by atoms with Gasteiger partial charge in [0.1, 0.15) is 11.5 Å². The molecule has 0 fully saturated rings. The lowest BCUT2D eigenvalue weighted by atomic mass is 9.77. The first kappa shape index (κ1) is 24.1. The molecule has 1 unspecified atom stereocenters. The summed E-state index contributed by atoms with van der Waals surface area (Å²) in [5.74, 6) is 1.57. The number of fused-ring (bicyclic) bond motifs is 6. The molecule has 4 aromatic rings. The van der Waals surface area contributed by atoms with E-state index in [2.05, 4.69) is 75.3 Å². The van der Waals surface area contributed by atoms with Crippen molar-refractivity contribution in [2.75, 3.05) is 23.8 Å². The van der Waals surface area contributed by atoms with E-state index < -0.39 is 5.60 Å². The predicted molar refractivity (Wildman–Crippen MR) is 152 cm³/mol. The van der Waals surface area contributed by atoms with Crippen molar-refractivity contribution in [3.05, 3.63) is 112 Å². The summed E-state index contributed by atoms with van der Waals surface area (Å²) >= 11 is 0. The molecule has 4 aromatic carbocycles. The fourth-order valence-corrected chi connectivity index (χ4v) is 5.74. The molecule has 0 saturated heterocycles. The number of carbonyl (C=O) groups is 1. The number of nitrogens with zero attached hydrogens (tertiary/aromatic N) is 1. The van der Waals surface area contributed by atoms with Gasteiger partial charge in [0, 0.05) is 53.4 Å². The first-order valence-corrected chi connectivity index (χ1v) is 13.1. The lowest BCUT2D eigenvalue weighted by molar-refractivity contribution is 0.0224. The van der Waals surface area contributed by atoms with E-state index in [1.165, 1.54) is 5.56 Å².